The van der Waals surface area contributed by atoms with E-state index in [2.05, 4.69) is 50.8 Å². The molecule has 182 valence electrons. The van der Waals surface area contributed by atoms with Crippen molar-refractivity contribution in [3.8, 4) is 5.75 Å². The molecule has 1 aliphatic rings. The molecule has 4 rings (SSSR count). The number of methoxy groups -OCH3 is 1. The highest BCUT2D eigenvalue weighted by Crippen LogP contribution is 2.29. The van der Waals surface area contributed by atoms with Gasteiger partial charge in [-0.05, 0) is 56.3 Å². The number of hydrogen-bond acceptors (Lipinski definition) is 7. The van der Waals surface area contributed by atoms with E-state index in [1.807, 2.05) is 40.3 Å². The Morgan fingerprint density at radius 3 is 2.41 bits per heavy atom. The van der Waals surface area contributed by atoms with Gasteiger partial charge in [-0.2, -0.15) is 4.98 Å². The molecule has 0 spiro atoms. The lowest BCUT2D eigenvalue weighted by Crippen LogP contribution is -2.31. The van der Waals surface area contributed by atoms with Crippen LogP contribution in [0, 0.1) is 5.92 Å². The Labute approximate surface area is 203 Å². The molecule has 0 amide bonds. The second-order valence-electron chi connectivity index (χ2n) is 9.67. The smallest absolute Gasteiger partial charge is 0.225 e. The molecule has 1 fully saturated rings. The highest BCUT2D eigenvalue weighted by atomic mass is 16.5. The summed E-state index contributed by atoms with van der Waals surface area (Å²) in [7, 11) is 9.90. The summed E-state index contributed by atoms with van der Waals surface area (Å²) in [6, 6.07) is 15.0. The minimum atomic E-state index is 0.422. The quantitative estimate of drug-likeness (QED) is 0.484. The van der Waals surface area contributed by atoms with Gasteiger partial charge in [0, 0.05) is 63.5 Å². The number of anilines is 3. The van der Waals surface area contributed by atoms with Crippen molar-refractivity contribution in [2.24, 2.45) is 5.92 Å². The van der Waals surface area contributed by atoms with E-state index in [4.69, 9.17) is 14.7 Å². The van der Waals surface area contributed by atoms with Crippen molar-refractivity contribution in [2.45, 2.75) is 38.3 Å². The molecule has 0 radical (unpaired) electrons. The lowest BCUT2D eigenvalue weighted by atomic mass is 9.86. The number of nitrogens with one attached hydrogen (secondary N) is 2. The van der Waals surface area contributed by atoms with Crippen molar-refractivity contribution in [1.82, 2.24) is 15.3 Å². The molecule has 1 saturated carbocycles. The van der Waals surface area contributed by atoms with E-state index in [-0.39, 0.29) is 0 Å². The van der Waals surface area contributed by atoms with Gasteiger partial charge in [0.25, 0.3) is 0 Å². The topological polar surface area (TPSA) is 65.6 Å². The van der Waals surface area contributed by atoms with Crippen LogP contribution < -0.4 is 25.2 Å². The Morgan fingerprint density at radius 2 is 1.71 bits per heavy atom. The fourth-order valence-electron chi connectivity index (χ4n) is 4.73. The third-order valence-corrected chi connectivity index (χ3v) is 6.72. The van der Waals surface area contributed by atoms with E-state index in [9.17, 15) is 0 Å². The summed E-state index contributed by atoms with van der Waals surface area (Å²) in [6.45, 7) is 1.86. The summed E-state index contributed by atoms with van der Waals surface area (Å²) in [4.78, 5) is 13.7. The molecule has 34 heavy (non-hydrogen) atoms. The molecular weight excluding hydrogens is 424 g/mol. The largest absolute Gasteiger partial charge is 0.496 e. The lowest BCUT2D eigenvalue weighted by molar-refractivity contribution is 0.322. The number of hydrogen-bond donors (Lipinski definition) is 2. The van der Waals surface area contributed by atoms with Crippen molar-refractivity contribution in [3.05, 3.63) is 48.0 Å². The van der Waals surface area contributed by atoms with E-state index in [1.54, 1.807) is 7.11 Å². The van der Waals surface area contributed by atoms with Crippen LogP contribution in [0.25, 0.3) is 10.9 Å². The Kier molecular flexibility index (Phi) is 7.73. The summed E-state index contributed by atoms with van der Waals surface area (Å²) < 4.78 is 5.61. The van der Waals surface area contributed by atoms with Gasteiger partial charge in [-0.25, -0.2) is 4.98 Å². The van der Waals surface area contributed by atoms with Gasteiger partial charge in [0.1, 0.15) is 11.6 Å². The van der Waals surface area contributed by atoms with Crippen LogP contribution in [0.3, 0.4) is 0 Å². The maximum Gasteiger partial charge on any atom is 0.225 e. The first-order valence-corrected chi connectivity index (χ1v) is 12.2. The van der Waals surface area contributed by atoms with Gasteiger partial charge in [0.15, 0.2) is 0 Å². The molecule has 0 bridgehead atoms. The zero-order chi connectivity index (χ0) is 24.1. The summed E-state index contributed by atoms with van der Waals surface area (Å²) in [5, 5.41) is 8.35. The predicted octanol–water partition coefficient (Wildman–Crippen LogP) is 4.53. The molecule has 2 aromatic carbocycles. The molecule has 1 aromatic heterocycles. The third kappa shape index (κ3) is 5.70. The fraction of sp³-hybridized carbons (Fsp3) is 0.481. The van der Waals surface area contributed by atoms with Gasteiger partial charge in [-0.15, -0.1) is 0 Å². The second kappa shape index (κ2) is 10.9. The van der Waals surface area contributed by atoms with Crippen LogP contribution in [0.5, 0.6) is 5.75 Å². The Bertz CT molecular complexity index is 1090. The van der Waals surface area contributed by atoms with Crippen molar-refractivity contribution in [2.75, 3.05) is 57.0 Å². The van der Waals surface area contributed by atoms with Crippen molar-refractivity contribution >= 4 is 28.4 Å². The van der Waals surface area contributed by atoms with E-state index in [1.165, 1.54) is 18.4 Å². The van der Waals surface area contributed by atoms with Gasteiger partial charge in [0.05, 0.1) is 12.6 Å². The molecule has 0 saturated heterocycles. The summed E-state index contributed by atoms with van der Waals surface area (Å²) >= 11 is 0. The third-order valence-electron chi connectivity index (χ3n) is 6.72. The van der Waals surface area contributed by atoms with E-state index in [0.29, 0.717) is 12.0 Å². The van der Waals surface area contributed by atoms with Gasteiger partial charge >= 0.3 is 0 Å². The number of aromatic nitrogens is 2. The van der Waals surface area contributed by atoms with E-state index >= 15 is 0 Å². The maximum absolute atomic E-state index is 5.61. The molecule has 1 aliphatic carbocycles. The van der Waals surface area contributed by atoms with E-state index in [0.717, 1.165) is 60.0 Å². The molecule has 3 aromatic rings. The average molecular weight is 463 g/mol. The van der Waals surface area contributed by atoms with Crippen LogP contribution in [-0.2, 0) is 6.54 Å². The first-order chi connectivity index (χ1) is 16.4. The predicted molar refractivity (Wildman–Crippen MR) is 142 cm³/mol. The van der Waals surface area contributed by atoms with Crippen LogP contribution in [0.4, 0.5) is 17.5 Å². The number of ether oxygens (including phenoxy) is 1. The maximum atomic E-state index is 5.61. The van der Waals surface area contributed by atoms with Crippen molar-refractivity contribution in [3.63, 3.8) is 0 Å². The van der Waals surface area contributed by atoms with Gasteiger partial charge in [-0.1, -0.05) is 18.2 Å². The monoisotopic (exact) mass is 462 g/mol. The molecular formula is C27H38N6O. The van der Waals surface area contributed by atoms with Crippen LogP contribution >= 0.6 is 0 Å². The van der Waals surface area contributed by atoms with Crippen LogP contribution in [0.15, 0.2) is 42.5 Å². The van der Waals surface area contributed by atoms with Crippen molar-refractivity contribution in [1.29, 1.82) is 0 Å². The number of benzene rings is 2. The second-order valence-corrected chi connectivity index (χ2v) is 9.67. The van der Waals surface area contributed by atoms with Crippen molar-refractivity contribution < 1.29 is 4.74 Å². The summed E-state index contributed by atoms with van der Waals surface area (Å²) in [6.07, 6.45) is 4.69. The Morgan fingerprint density at radius 1 is 0.941 bits per heavy atom. The standard InChI is InChI=1S/C27H38N6O/c1-32(2)22-15-12-20(25(16-22)34-5)18-28-17-19-10-13-21(14-11-19)29-27-30-24-9-7-6-8-23(24)26(31-27)33(3)4/h6-9,12,15-16,19,21,28H,10-11,13-14,17-18H2,1-5H3,(H,29,30,31)/t19-,21+. The average Bonchev–Trinajstić information content (AvgIpc) is 2.84. The SMILES string of the molecule is COc1cc(N(C)C)ccc1CNC[C@H]1CC[C@@H](Nc2nc(N(C)C)c3ccccc3n2)CC1. The minimum Gasteiger partial charge on any atom is -0.496 e. The number of para-hydroxylation sites is 1. The molecule has 0 unspecified atom stereocenters. The molecule has 7 nitrogen and oxygen atoms in total. The Hall–Kier alpha value is -3.06. The van der Waals surface area contributed by atoms with Gasteiger partial charge in [-0.3, -0.25) is 0 Å². The van der Waals surface area contributed by atoms with Gasteiger partial charge < -0.3 is 25.2 Å². The number of rotatable bonds is 9. The highest BCUT2D eigenvalue weighted by Gasteiger charge is 2.22. The molecule has 0 atom stereocenters. The zero-order valence-corrected chi connectivity index (χ0v) is 21.1. The lowest BCUT2D eigenvalue weighted by Gasteiger charge is -2.29. The Balaban J connectivity index is 1.28. The molecule has 7 heteroatoms. The highest BCUT2D eigenvalue weighted by molar-refractivity contribution is 5.90. The molecule has 1 heterocycles. The van der Waals surface area contributed by atoms with Crippen LogP contribution in [0.2, 0.25) is 0 Å². The molecule has 2 N–H and O–H groups in total. The molecule has 0 aliphatic heterocycles. The fourth-order valence-corrected chi connectivity index (χ4v) is 4.73. The first-order valence-electron chi connectivity index (χ1n) is 12.2. The van der Waals surface area contributed by atoms with Crippen LogP contribution in [0.1, 0.15) is 31.2 Å². The van der Waals surface area contributed by atoms with Gasteiger partial charge in [0.2, 0.25) is 5.95 Å². The normalized spacial score (nSPS) is 18.0. The zero-order valence-electron chi connectivity index (χ0n) is 21.1. The minimum absolute atomic E-state index is 0.422. The summed E-state index contributed by atoms with van der Waals surface area (Å²) in [5.41, 5.74) is 3.34. The summed E-state index contributed by atoms with van der Waals surface area (Å²) in [5.74, 6) is 3.33. The first kappa shape index (κ1) is 24.1. The van der Waals surface area contributed by atoms with Crippen LogP contribution in [-0.4, -0.2) is 57.9 Å². The van der Waals surface area contributed by atoms with E-state index < -0.39 is 0 Å². The number of fused-ring (bicyclic) bond motifs is 1. The number of nitrogens with zero attached hydrogens (tertiary/aromatic N) is 4.